The van der Waals surface area contributed by atoms with Crippen LogP contribution in [0, 0.1) is 6.92 Å². The van der Waals surface area contributed by atoms with Crippen molar-refractivity contribution in [1.82, 2.24) is 0 Å². The van der Waals surface area contributed by atoms with Gasteiger partial charge in [0, 0.05) is 5.02 Å². The Balaban J connectivity index is 2.95. The Kier molecular flexibility index (Phi) is 3.53. The van der Waals surface area contributed by atoms with Crippen LogP contribution in [0.5, 0.6) is 0 Å². The molecule has 0 saturated carbocycles. The molecule has 1 aromatic rings. The second-order valence-electron chi connectivity index (χ2n) is 3.48. The van der Waals surface area contributed by atoms with E-state index in [1.807, 2.05) is 32.0 Å². The summed E-state index contributed by atoms with van der Waals surface area (Å²) in [6, 6.07) is 5.69. The molecule has 0 aromatic heterocycles. The van der Waals surface area contributed by atoms with Gasteiger partial charge in [0.25, 0.3) is 0 Å². The average molecular weight is 213 g/mol. The zero-order valence-electron chi connectivity index (χ0n) is 8.25. The van der Waals surface area contributed by atoms with Crippen molar-refractivity contribution >= 4 is 17.6 Å². The monoisotopic (exact) mass is 212 g/mol. The smallest absolute Gasteiger partial charge is 0.303 e. The summed E-state index contributed by atoms with van der Waals surface area (Å²) in [5.74, 6) is -0.838. The largest absolute Gasteiger partial charge is 0.481 e. The summed E-state index contributed by atoms with van der Waals surface area (Å²) in [6.07, 6.45) is 0.114. The molecule has 0 radical (unpaired) electrons. The molecule has 1 aromatic carbocycles. The fraction of sp³-hybridized carbons (Fsp3) is 0.364. The predicted octanol–water partition coefficient (Wildman–Crippen LogP) is 3.23. The lowest BCUT2D eigenvalue weighted by Crippen LogP contribution is -2.03. The third-order valence-electron chi connectivity index (χ3n) is 2.23. The highest BCUT2D eigenvalue weighted by molar-refractivity contribution is 6.32. The van der Waals surface area contributed by atoms with Gasteiger partial charge in [-0.1, -0.05) is 36.7 Å². The number of benzene rings is 1. The topological polar surface area (TPSA) is 37.3 Å². The molecular weight excluding hydrogens is 200 g/mol. The van der Waals surface area contributed by atoms with Crippen LogP contribution in [0.4, 0.5) is 0 Å². The molecule has 0 fully saturated rings. The van der Waals surface area contributed by atoms with Crippen LogP contribution >= 0.6 is 11.6 Å². The fourth-order valence-corrected chi connectivity index (χ4v) is 1.73. The predicted molar refractivity (Wildman–Crippen MR) is 56.9 cm³/mol. The van der Waals surface area contributed by atoms with Gasteiger partial charge >= 0.3 is 5.97 Å². The van der Waals surface area contributed by atoms with Crippen LogP contribution in [0.25, 0.3) is 0 Å². The minimum Gasteiger partial charge on any atom is -0.481 e. The number of carboxylic acids is 1. The molecule has 76 valence electrons. The molecule has 0 heterocycles. The highest BCUT2D eigenvalue weighted by atomic mass is 35.5. The van der Waals surface area contributed by atoms with E-state index in [4.69, 9.17) is 16.7 Å². The number of aliphatic carboxylic acids is 1. The maximum atomic E-state index is 10.5. The molecule has 1 rings (SSSR count). The first-order valence-corrected chi connectivity index (χ1v) is 4.87. The van der Waals surface area contributed by atoms with Crippen LogP contribution in [0.15, 0.2) is 18.2 Å². The van der Waals surface area contributed by atoms with Crippen LogP contribution in [0.1, 0.15) is 30.4 Å². The lowest BCUT2D eigenvalue weighted by Gasteiger charge is -2.12. The first kappa shape index (κ1) is 11.1. The van der Waals surface area contributed by atoms with Crippen molar-refractivity contribution in [2.45, 2.75) is 26.2 Å². The van der Waals surface area contributed by atoms with Gasteiger partial charge in [0.05, 0.1) is 6.42 Å². The zero-order valence-corrected chi connectivity index (χ0v) is 9.01. The van der Waals surface area contributed by atoms with Crippen LogP contribution in [0.2, 0.25) is 5.02 Å². The van der Waals surface area contributed by atoms with Crippen molar-refractivity contribution in [2.24, 2.45) is 0 Å². The van der Waals surface area contributed by atoms with Crippen molar-refractivity contribution in [2.75, 3.05) is 0 Å². The molecule has 1 unspecified atom stereocenters. The lowest BCUT2D eigenvalue weighted by atomic mass is 9.96. The van der Waals surface area contributed by atoms with Gasteiger partial charge in [0.15, 0.2) is 0 Å². The molecule has 0 aliphatic carbocycles. The summed E-state index contributed by atoms with van der Waals surface area (Å²) in [5, 5.41) is 9.34. The molecule has 0 saturated heterocycles. The molecule has 0 spiro atoms. The number of halogens is 1. The van der Waals surface area contributed by atoms with E-state index in [1.54, 1.807) is 0 Å². The van der Waals surface area contributed by atoms with E-state index in [0.717, 1.165) is 11.1 Å². The van der Waals surface area contributed by atoms with E-state index in [1.165, 1.54) is 0 Å². The average Bonchev–Trinajstić information content (AvgIpc) is 2.08. The van der Waals surface area contributed by atoms with E-state index < -0.39 is 5.97 Å². The van der Waals surface area contributed by atoms with Gasteiger partial charge in [0.2, 0.25) is 0 Å². The van der Waals surface area contributed by atoms with Crippen molar-refractivity contribution in [3.05, 3.63) is 34.3 Å². The van der Waals surface area contributed by atoms with Crippen LogP contribution in [-0.4, -0.2) is 11.1 Å². The SMILES string of the molecule is Cc1cccc(C(C)CC(=O)O)c1Cl. The number of hydrogen-bond donors (Lipinski definition) is 1. The Morgan fingerprint density at radius 1 is 1.57 bits per heavy atom. The number of carboxylic acid groups (broad SMARTS) is 1. The lowest BCUT2D eigenvalue weighted by molar-refractivity contribution is -0.137. The normalized spacial score (nSPS) is 12.5. The molecular formula is C11H13ClO2. The maximum absolute atomic E-state index is 10.5. The van der Waals surface area contributed by atoms with Crippen LogP contribution in [0.3, 0.4) is 0 Å². The Morgan fingerprint density at radius 3 is 2.79 bits per heavy atom. The van der Waals surface area contributed by atoms with Crippen molar-refractivity contribution < 1.29 is 9.90 Å². The Labute approximate surface area is 88.5 Å². The highest BCUT2D eigenvalue weighted by Crippen LogP contribution is 2.28. The Hall–Kier alpha value is -1.02. The minimum absolute atomic E-state index is 0.0418. The molecule has 0 bridgehead atoms. The van der Waals surface area contributed by atoms with Crippen LogP contribution in [-0.2, 0) is 4.79 Å². The van der Waals surface area contributed by atoms with E-state index in [-0.39, 0.29) is 12.3 Å². The van der Waals surface area contributed by atoms with Gasteiger partial charge in [0.1, 0.15) is 0 Å². The van der Waals surface area contributed by atoms with Gasteiger partial charge in [-0.25, -0.2) is 0 Å². The Bertz CT molecular complexity index is 347. The second kappa shape index (κ2) is 4.47. The summed E-state index contributed by atoms with van der Waals surface area (Å²) in [5.41, 5.74) is 1.90. The second-order valence-corrected chi connectivity index (χ2v) is 3.85. The van der Waals surface area contributed by atoms with Gasteiger partial charge in [-0.15, -0.1) is 0 Å². The van der Waals surface area contributed by atoms with E-state index in [9.17, 15) is 4.79 Å². The number of hydrogen-bond acceptors (Lipinski definition) is 1. The standard InChI is InChI=1S/C11H13ClO2/c1-7-4-3-5-9(11(7)12)8(2)6-10(13)14/h3-5,8H,6H2,1-2H3,(H,13,14). The highest BCUT2D eigenvalue weighted by Gasteiger charge is 2.13. The molecule has 14 heavy (non-hydrogen) atoms. The number of carbonyl (C=O) groups is 1. The molecule has 1 atom stereocenters. The van der Waals surface area contributed by atoms with Crippen molar-refractivity contribution in [3.8, 4) is 0 Å². The van der Waals surface area contributed by atoms with Crippen LogP contribution < -0.4 is 0 Å². The molecule has 0 aliphatic rings. The minimum atomic E-state index is -0.796. The third-order valence-corrected chi connectivity index (χ3v) is 2.75. The Morgan fingerprint density at radius 2 is 2.21 bits per heavy atom. The van der Waals surface area contributed by atoms with Gasteiger partial charge in [-0.2, -0.15) is 0 Å². The maximum Gasteiger partial charge on any atom is 0.303 e. The molecule has 0 aliphatic heterocycles. The van der Waals surface area contributed by atoms with Gasteiger partial charge < -0.3 is 5.11 Å². The number of aryl methyl sites for hydroxylation is 1. The third kappa shape index (κ3) is 2.48. The molecule has 0 amide bonds. The van der Waals surface area contributed by atoms with E-state index >= 15 is 0 Å². The van der Waals surface area contributed by atoms with E-state index in [2.05, 4.69) is 0 Å². The first-order valence-electron chi connectivity index (χ1n) is 4.49. The molecule has 2 nitrogen and oxygen atoms in total. The fourth-order valence-electron chi connectivity index (χ4n) is 1.42. The summed E-state index contributed by atoms with van der Waals surface area (Å²) < 4.78 is 0. The summed E-state index contributed by atoms with van der Waals surface area (Å²) in [7, 11) is 0. The molecule has 3 heteroatoms. The summed E-state index contributed by atoms with van der Waals surface area (Å²) >= 11 is 6.08. The first-order chi connectivity index (χ1) is 6.52. The van der Waals surface area contributed by atoms with Crippen molar-refractivity contribution in [3.63, 3.8) is 0 Å². The summed E-state index contributed by atoms with van der Waals surface area (Å²) in [4.78, 5) is 10.5. The van der Waals surface area contributed by atoms with Gasteiger partial charge in [-0.05, 0) is 24.0 Å². The number of rotatable bonds is 3. The van der Waals surface area contributed by atoms with Crippen molar-refractivity contribution in [1.29, 1.82) is 0 Å². The summed E-state index contributed by atoms with van der Waals surface area (Å²) in [6.45, 7) is 3.79. The van der Waals surface area contributed by atoms with Gasteiger partial charge in [-0.3, -0.25) is 4.79 Å². The quantitative estimate of drug-likeness (QED) is 0.835. The van der Waals surface area contributed by atoms with E-state index in [0.29, 0.717) is 5.02 Å². The molecule has 1 N–H and O–H groups in total. The zero-order chi connectivity index (χ0) is 10.7.